The lowest BCUT2D eigenvalue weighted by Gasteiger charge is -2.14. The van der Waals surface area contributed by atoms with Gasteiger partial charge in [-0.3, -0.25) is 0 Å². The van der Waals surface area contributed by atoms with Gasteiger partial charge in [-0.1, -0.05) is 18.2 Å². The number of ether oxygens (including phenoxy) is 2. The van der Waals surface area contributed by atoms with Crippen molar-refractivity contribution in [2.45, 2.75) is 20.0 Å². The molecule has 3 aromatic rings. The first-order valence-electron chi connectivity index (χ1n) is 7.10. The topological polar surface area (TPSA) is 34.2 Å². The van der Waals surface area contributed by atoms with E-state index in [9.17, 15) is 0 Å². The number of rotatable bonds is 4. The minimum absolute atomic E-state index is 0.123. The standard InChI is InChI=1S/C18H19NO2/c1-12(2)21-17-9-8-14(11-18(17)20-3)16-10-13-6-4-5-7-15(13)19-16/h4-12,19H,1-3H3. The van der Waals surface area contributed by atoms with Crippen molar-refractivity contribution in [3.8, 4) is 22.8 Å². The van der Waals surface area contributed by atoms with Gasteiger partial charge in [0, 0.05) is 22.2 Å². The van der Waals surface area contributed by atoms with E-state index < -0.39 is 0 Å². The SMILES string of the molecule is COc1cc(-c2cc3ccccc3[nH]2)ccc1OC(C)C. The van der Waals surface area contributed by atoms with Crippen molar-refractivity contribution < 1.29 is 9.47 Å². The first-order chi connectivity index (χ1) is 10.2. The van der Waals surface area contributed by atoms with E-state index in [4.69, 9.17) is 9.47 Å². The average Bonchev–Trinajstić information content (AvgIpc) is 2.91. The largest absolute Gasteiger partial charge is 0.493 e. The van der Waals surface area contributed by atoms with E-state index in [1.54, 1.807) is 7.11 Å². The maximum atomic E-state index is 5.75. The molecule has 108 valence electrons. The van der Waals surface area contributed by atoms with Gasteiger partial charge in [-0.15, -0.1) is 0 Å². The first-order valence-corrected chi connectivity index (χ1v) is 7.10. The Balaban J connectivity index is 2.02. The van der Waals surface area contributed by atoms with Gasteiger partial charge in [0.25, 0.3) is 0 Å². The summed E-state index contributed by atoms with van der Waals surface area (Å²) >= 11 is 0. The van der Waals surface area contributed by atoms with Gasteiger partial charge < -0.3 is 14.5 Å². The number of hydrogen-bond acceptors (Lipinski definition) is 2. The van der Waals surface area contributed by atoms with Crippen LogP contribution < -0.4 is 9.47 Å². The van der Waals surface area contributed by atoms with Crippen molar-refractivity contribution in [2.24, 2.45) is 0 Å². The van der Waals surface area contributed by atoms with E-state index in [1.807, 2.05) is 44.2 Å². The monoisotopic (exact) mass is 281 g/mol. The number of aromatic amines is 1. The predicted octanol–water partition coefficient (Wildman–Crippen LogP) is 4.63. The molecule has 21 heavy (non-hydrogen) atoms. The number of nitrogens with one attached hydrogen (secondary N) is 1. The Labute approximate surface area is 124 Å². The Morgan fingerprint density at radius 3 is 2.48 bits per heavy atom. The van der Waals surface area contributed by atoms with Crippen LogP contribution in [0.3, 0.4) is 0 Å². The van der Waals surface area contributed by atoms with E-state index in [2.05, 4.69) is 23.2 Å². The van der Waals surface area contributed by atoms with Crippen molar-refractivity contribution in [1.82, 2.24) is 4.98 Å². The minimum Gasteiger partial charge on any atom is -0.493 e. The van der Waals surface area contributed by atoms with Gasteiger partial charge in [-0.05, 0) is 44.2 Å². The van der Waals surface area contributed by atoms with E-state index in [0.717, 1.165) is 28.3 Å². The van der Waals surface area contributed by atoms with E-state index >= 15 is 0 Å². The number of methoxy groups -OCH3 is 1. The number of H-pyrrole nitrogens is 1. The third kappa shape index (κ3) is 2.72. The quantitative estimate of drug-likeness (QED) is 0.756. The molecule has 0 aliphatic carbocycles. The summed E-state index contributed by atoms with van der Waals surface area (Å²) in [5.41, 5.74) is 3.29. The molecule has 3 rings (SSSR count). The highest BCUT2D eigenvalue weighted by Crippen LogP contribution is 2.33. The summed E-state index contributed by atoms with van der Waals surface area (Å²) in [6, 6.07) is 16.4. The molecule has 0 aliphatic rings. The molecule has 0 saturated carbocycles. The molecule has 0 radical (unpaired) electrons. The highest BCUT2D eigenvalue weighted by Gasteiger charge is 2.10. The first kappa shape index (κ1) is 13.6. The predicted molar refractivity (Wildman–Crippen MR) is 86.1 cm³/mol. The Kier molecular flexibility index (Phi) is 3.57. The number of aromatic nitrogens is 1. The third-order valence-corrected chi connectivity index (χ3v) is 3.37. The third-order valence-electron chi connectivity index (χ3n) is 3.37. The molecule has 3 heteroatoms. The van der Waals surface area contributed by atoms with Crippen LogP contribution in [0.2, 0.25) is 0 Å². The highest BCUT2D eigenvalue weighted by molar-refractivity contribution is 5.86. The van der Waals surface area contributed by atoms with Gasteiger partial charge in [-0.2, -0.15) is 0 Å². The lowest BCUT2D eigenvalue weighted by molar-refractivity contribution is 0.230. The molecule has 2 aromatic carbocycles. The molecule has 0 atom stereocenters. The molecule has 0 aliphatic heterocycles. The molecule has 0 spiro atoms. The highest BCUT2D eigenvalue weighted by atomic mass is 16.5. The number of para-hydroxylation sites is 1. The number of benzene rings is 2. The van der Waals surface area contributed by atoms with Crippen LogP contribution in [0.5, 0.6) is 11.5 Å². The Morgan fingerprint density at radius 2 is 1.76 bits per heavy atom. The van der Waals surface area contributed by atoms with Crippen LogP contribution in [0.1, 0.15) is 13.8 Å². The normalized spacial score (nSPS) is 11.0. The molecule has 1 N–H and O–H groups in total. The zero-order chi connectivity index (χ0) is 14.8. The summed E-state index contributed by atoms with van der Waals surface area (Å²) < 4.78 is 11.2. The molecule has 1 aromatic heterocycles. The summed E-state index contributed by atoms with van der Waals surface area (Å²) in [4.78, 5) is 3.43. The smallest absolute Gasteiger partial charge is 0.161 e. The van der Waals surface area contributed by atoms with Gasteiger partial charge >= 0.3 is 0 Å². The van der Waals surface area contributed by atoms with Gasteiger partial charge in [0.05, 0.1) is 13.2 Å². The van der Waals surface area contributed by atoms with Gasteiger partial charge in [0.1, 0.15) is 0 Å². The second-order valence-electron chi connectivity index (χ2n) is 5.30. The van der Waals surface area contributed by atoms with Crippen LogP contribution >= 0.6 is 0 Å². The summed E-state index contributed by atoms with van der Waals surface area (Å²) in [5, 5.41) is 1.20. The Hall–Kier alpha value is -2.42. The second-order valence-corrected chi connectivity index (χ2v) is 5.30. The lowest BCUT2D eigenvalue weighted by atomic mass is 10.1. The van der Waals surface area contributed by atoms with Crippen molar-refractivity contribution >= 4 is 10.9 Å². The van der Waals surface area contributed by atoms with Crippen molar-refractivity contribution in [3.05, 3.63) is 48.5 Å². The van der Waals surface area contributed by atoms with Crippen LogP contribution in [0, 0.1) is 0 Å². The summed E-state index contributed by atoms with van der Waals surface area (Å²) in [6.45, 7) is 4.01. The fourth-order valence-electron chi connectivity index (χ4n) is 2.42. The van der Waals surface area contributed by atoms with Gasteiger partial charge in [0.15, 0.2) is 11.5 Å². The molecule has 0 fully saturated rings. The second kappa shape index (κ2) is 5.52. The van der Waals surface area contributed by atoms with Crippen LogP contribution in [-0.2, 0) is 0 Å². The van der Waals surface area contributed by atoms with Crippen LogP contribution in [0.25, 0.3) is 22.2 Å². The fraction of sp³-hybridized carbons (Fsp3) is 0.222. The van der Waals surface area contributed by atoms with Crippen LogP contribution in [0.4, 0.5) is 0 Å². The molecule has 3 nitrogen and oxygen atoms in total. The molecule has 1 heterocycles. The number of hydrogen-bond donors (Lipinski definition) is 1. The lowest BCUT2D eigenvalue weighted by Crippen LogP contribution is -2.06. The maximum Gasteiger partial charge on any atom is 0.161 e. The maximum absolute atomic E-state index is 5.75. The van der Waals surface area contributed by atoms with Crippen LogP contribution in [-0.4, -0.2) is 18.2 Å². The zero-order valence-corrected chi connectivity index (χ0v) is 12.5. The van der Waals surface area contributed by atoms with Gasteiger partial charge in [-0.25, -0.2) is 0 Å². The zero-order valence-electron chi connectivity index (χ0n) is 12.5. The molecule has 0 saturated heterocycles. The summed E-state index contributed by atoms with van der Waals surface area (Å²) in [7, 11) is 1.66. The van der Waals surface area contributed by atoms with Crippen LogP contribution in [0.15, 0.2) is 48.5 Å². The van der Waals surface area contributed by atoms with Crippen molar-refractivity contribution in [2.75, 3.05) is 7.11 Å². The summed E-state index contributed by atoms with van der Waals surface area (Å²) in [5.74, 6) is 1.52. The van der Waals surface area contributed by atoms with E-state index in [-0.39, 0.29) is 6.10 Å². The Bertz CT molecular complexity index is 726. The van der Waals surface area contributed by atoms with E-state index in [0.29, 0.717) is 0 Å². The molecule has 0 bridgehead atoms. The summed E-state index contributed by atoms with van der Waals surface area (Å²) in [6.07, 6.45) is 0.123. The molecular formula is C18H19NO2. The average molecular weight is 281 g/mol. The van der Waals surface area contributed by atoms with Crippen molar-refractivity contribution in [3.63, 3.8) is 0 Å². The Morgan fingerprint density at radius 1 is 0.952 bits per heavy atom. The molecular weight excluding hydrogens is 262 g/mol. The minimum atomic E-state index is 0.123. The van der Waals surface area contributed by atoms with Gasteiger partial charge in [0.2, 0.25) is 0 Å². The molecule has 0 amide bonds. The van der Waals surface area contributed by atoms with Crippen molar-refractivity contribution in [1.29, 1.82) is 0 Å². The van der Waals surface area contributed by atoms with E-state index in [1.165, 1.54) is 5.39 Å². The number of fused-ring (bicyclic) bond motifs is 1. The molecule has 0 unspecified atom stereocenters. The fourth-order valence-corrected chi connectivity index (χ4v) is 2.42.